The maximum absolute atomic E-state index is 9.63. The molecular weight excluding hydrogens is 236 g/mol. The zero-order chi connectivity index (χ0) is 14.5. The van der Waals surface area contributed by atoms with Gasteiger partial charge in [-0.1, -0.05) is 25.7 Å². The van der Waals surface area contributed by atoms with E-state index < -0.39 is 5.60 Å². The van der Waals surface area contributed by atoms with E-state index in [1.165, 1.54) is 11.3 Å². The minimum Gasteiger partial charge on any atom is -0.378 e. The maximum atomic E-state index is 9.63. The van der Waals surface area contributed by atoms with Crippen molar-refractivity contribution >= 4 is 5.69 Å². The lowest BCUT2D eigenvalue weighted by molar-refractivity contribution is 0.143. The third kappa shape index (κ3) is 4.25. The van der Waals surface area contributed by atoms with Gasteiger partial charge in [0.2, 0.25) is 0 Å². The van der Waals surface area contributed by atoms with Crippen molar-refractivity contribution in [2.75, 3.05) is 18.5 Å². The Kier molecular flexibility index (Phi) is 5.38. The molecule has 0 saturated heterocycles. The van der Waals surface area contributed by atoms with Crippen LogP contribution in [-0.2, 0) is 6.42 Å². The van der Waals surface area contributed by atoms with Crippen LogP contribution in [0.25, 0.3) is 0 Å². The molecule has 0 amide bonds. The molecule has 3 nitrogen and oxygen atoms in total. The molecule has 2 rings (SSSR count). The molecule has 0 radical (unpaired) electrons. The lowest BCUT2D eigenvalue weighted by Gasteiger charge is -2.27. The van der Waals surface area contributed by atoms with Gasteiger partial charge in [0.25, 0.3) is 0 Å². The van der Waals surface area contributed by atoms with Crippen LogP contribution >= 0.6 is 0 Å². The van der Waals surface area contributed by atoms with Crippen LogP contribution < -0.4 is 4.90 Å². The van der Waals surface area contributed by atoms with Crippen molar-refractivity contribution < 1.29 is 5.11 Å². The fraction of sp³-hybridized carbons (Fsp3) is 0.562. The van der Waals surface area contributed by atoms with Gasteiger partial charge in [0.1, 0.15) is 5.60 Å². The van der Waals surface area contributed by atoms with Crippen LogP contribution in [0.3, 0.4) is 0 Å². The average Bonchev–Trinajstić information content (AvgIpc) is 2.38. The van der Waals surface area contributed by atoms with Crippen LogP contribution in [-0.4, -0.2) is 29.3 Å². The molecule has 1 aliphatic heterocycles. The number of hydrogen-bond donors (Lipinski definition) is 1. The summed E-state index contributed by atoms with van der Waals surface area (Å²) in [5.74, 6) is 5.89. The van der Waals surface area contributed by atoms with Gasteiger partial charge in [0, 0.05) is 25.4 Å². The van der Waals surface area contributed by atoms with Crippen molar-refractivity contribution in [3.8, 4) is 11.8 Å². The maximum Gasteiger partial charge on any atom is 0.120 e. The highest BCUT2D eigenvalue weighted by atomic mass is 16.3. The molecule has 0 aliphatic carbocycles. The van der Waals surface area contributed by atoms with Crippen molar-refractivity contribution in [3.63, 3.8) is 0 Å². The molecule has 1 aliphatic rings. The smallest absolute Gasteiger partial charge is 0.120 e. The number of aromatic nitrogens is 1. The zero-order valence-corrected chi connectivity index (χ0v) is 12.6. The molecular formula is C16H24N2O. The minimum atomic E-state index is -0.955. The third-order valence-corrected chi connectivity index (χ3v) is 2.87. The van der Waals surface area contributed by atoms with E-state index >= 15 is 0 Å². The van der Waals surface area contributed by atoms with Crippen molar-refractivity contribution in [1.29, 1.82) is 0 Å². The number of rotatable bonds is 0. The molecule has 1 aromatic heterocycles. The first-order valence-electron chi connectivity index (χ1n) is 6.91. The van der Waals surface area contributed by atoms with Crippen LogP contribution in [0.5, 0.6) is 0 Å². The van der Waals surface area contributed by atoms with Gasteiger partial charge < -0.3 is 10.0 Å². The minimum absolute atomic E-state index is 0.941. The van der Waals surface area contributed by atoms with Crippen LogP contribution in [0.2, 0.25) is 0 Å². The first-order valence-corrected chi connectivity index (χ1v) is 6.91. The second-order valence-electron chi connectivity index (χ2n) is 5.02. The summed E-state index contributed by atoms with van der Waals surface area (Å²) < 4.78 is 0. The first kappa shape index (κ1) is 15.5. The lowest BCUT2D eigenvalue weighted by atomic mass is 9.98. The predicted octanol–water partition coefficient (Wildman–Crippen LogP) is 2.61. The second kappa shape index (κ2) is 6.58. The first-order chi connectivity index (χ1) is 8.97. The van der Waals surface area contributed by atoms with Gasteiger partial charge in [-0.15, -0.1) is 0 Å². The Morgan fingerprint density at radius 1 is 1.32 bits per heavy atom. The topological polar surface area (TPSA) is 36.4 Å². The summed E-state index contributed by atoms with van der Waals surface area (Å²) in [7, 11) is 2.08. The summed E-state index contributed by atoms with van der Waals surface area (Å²) in [6, 6.07) is 0. The quantitative estimate of drug-likeness (QED) is 0.728. The highest BCUT2D eigenvalue weighted by molar-refractivity contribution is 5.60. The third-order valence-electron chi connectivity index (χ3n) is 2.87. The summed E-state index contributed by atoms with van der Waals surface area (Å²) in [6.45, 7) is 8.45. The molecule has 2 heterocycles. The van der Waals surface area contributed by atoms with Gasteiger partial charge in [-0.2, -0.15) is 0 Å². The van der Waals surface area contributed by atoms with E-state index in [-0.39, 0.29) is 0 Å². The molecule has 0 spiro atoms. The van der Waals surface area contributed by atoms with E-state index in [1.54, 1.807) is 20.0 Å². The van der Waals surface area contributed by atoms with E-state index in [1.807, 2.05) is 20.0 Å². The van der Waals surface area contributed by atoms with E-state index in [2.05, 4.69) is 28.8 Å². The molecule has 1 N–H and O–H groups in total. The summed E-state index contributed by atoms with van der Waals surface area (Å²) in [6.07, 6.45) is 5.86. The number of hydrogen-bond acceptors (Lipinski definition) is 3. The molecule has 0 fully saturated rings. The lowest BCUT2D eigenvalue weighted by Crippen LogP contribution is -2.25. The predicted molar refractivity (Wildman–Crippen MR) is 80.4 cm³/mol. The standard InChI is InChI=1S/C14H18N2O.C2H6/c1-14(2,17)7-6-11-9-15-10-13-12(11)5-4-8-16(13)3;1-2/h9-10,17H,4-5,8H2,1-3H3;1-2H3. The van der Waals surface area contributed by atoms with Crippen molar-refractivity contribution in [3.05, 3.63) is 23.5 Å². The Morgan fingerprint density at radius 2 is 2.00 bits per heavy atom. The van der Waals surface area contributed by atoms with E-state index in [4.69, 9.17) is 0 Å². The van der Waals surface area contributed by atoms with Crippen LogP contribution in [0, 0.1) is 11.8 Å². The van der Waals surface area contributed by atoms with Gasteiger partial charge in [0.15, 0.2) is 0 Å². The number of aliphatic hydroxyl groups is 1. The summed E-state index contributed by atoms with van der Waals surface area (Å²) in [4.78, 5) is 6.43. The zero-order valence-electron chi connectivity index (χ0n) is 12.6. The fourth-order valence-electron chi connectivity index (χ4n) is 2.01. The van der Waals surface area contributed by atoms with Gasteiger partial charge >= 0.3 is 0 Å². The molecule has 0 saturated carbocycles. The Balaban J connectivity index is 0.000000861. The van der Waals surface area contributed by atoms with Crippen LogP contribution in [0.4, 0.5) is 5.69 Å². The number of fused-ring (bicyclic) bond motifs is 1. The van der Waals surface area contributed by atoms with Crippen molar-refractivity contribution in [1.82, 2.24) is 4.98 Å². The van der Waals surface area contributed by atoms with Crippen LogP contribution in [0.15, 0.2) is 12.4 Å². The molecule has 3 heteroatoms. The second-order valence-corrected chi connectivity index (χ2v) is 5.02. The van der Waals surface area contributed by atoms with Gasteiger partial charge in [-0.25, -0.2) is 0 Å². The Bertz CT molecular complexity index is 478. The molecule has 1 aromatic rings. The Labute approximate surface area is 116 Å². The largest absolute Gasteiger partial charge is 0.378 e. The average molecular weight is 260 g/mol. The highest BCUT2D eigenvalue weighted by Gasteiger charge is 2.16. The van der Waals surface area contributed by atoms with E-state index in [0.717, 1.165) is 24.9 Å². The van der Waals surface area contributed by atoms with Gasteiger partial charge in [-0.05, 0) is 32.3 Å². The number of nitrogens with zero attached hydrogens (tertiary/aromatic N) is 2. The van der Waals surface area contributed by atoms with Gasteiger partial charge in [0.05, 0.1) is 11.9 Å². The van der Waals surface area contributed by atoms with E-state index in [0.29, 0.717) is 0 Å². The summed E-state index contributed by atoms with van der Waals surface area (Å²) in [5.41, 5.74) is 2.41. The van der Waals surface area contributed by atoms with E-state index in [9.17, 15) is 5.11 Å². The SMILES string of the molecule is CC.CN1CCCc2c(C#CC(C)(C)O)cncc21. The summed E-state index contributed by atoms with van der Waals surface area (Å²) in [5, 5.41) is 9.63. The Hall–Kier alpha value is -1.53. The van der Waals surface area contributed by atoms with Gasteiger partial charge in [-0.3, -0.25) is 4.98 Å². The van der Waals surface area contributed by atoms with Crippen molar-refractivity contribution in [2.45, 2.75) is 46.1 Å². The highest BCUT2D eigenvalue weighted by Crippen LogP contribution is 2.27. The molecule has 0 aromatic carbocycles. The molecule has 19 heavy (non-hydrogen) atoms. The van der Waals surface area contributed by atoms with Crippen molar-refractivity contribution in [2.24, 2.45) is 0 Å². The molecule has 104 valence electrons. The van der Waals surface area contributed by atoms with Crippen LogP contribution in [0.1, 0.15) is 45.2 Å². The molecule has 0 bridgehead atoms. The summed E-state index contributed by atoms with van der Waals surface area (Å²) >= 11 is 0. The number of anilines is 1. The fourth-order valence-corrected chi connectivity index (χ4v) is 2.01. The normalized spacial score (nSPS) is 13.7. The Morgan fingerprint density at radius 3 is 2.63 bits per heavy atom. The molecule has 0 atom stereocenters. The monoisotopic (exact) mass is 260 g/mol. The number of pyridine rings is 1. The molecule has 0 unspecified atom stereocenters.